The Morgan fingerprint density at radius 2 is 1.70 bits per heavy atom. The van der Waals surface area contributed by atoms with Crippen LogP contribution in [-0.4, -0.2) is 44.0 Å². The molecule has 0 unspecified atom stereocenters. The highest BCUT2D eigenvalue weighted by Gasteiger charge is 2.33. The summed E-state index contributed by atoms with van der Waals surface area (Å²) in [6, 6.07) is 12.9. The van der Waals surface area contributed by atoms with E-state index in [1.54, 1.807) is 30.3 Å². The molecule has 0 radical (unpaired) electrons. The lowest BCUT2D eigenvalue weighted by molar-refractivity contribution is 0.101. The summed E-state index contributed by atoms with van der Waals surface area (Å²) in [5, 5.41) is -0.458. The van der Waals surface area contributed by atoms with Gasteiger partial charge in [0.1, 0.15) is 5.82 Å². The van der Waals surface area contributed by atoms with E-state index in [0.29, 0.717) is 25.9 Å². The Hall–Kier alpha value is -2.05. The van der Waals surface area contributed by atoms with E-state index in [9.17, 15) is 17.6 Å². The summed E-state index contributed by atoms with van der Waals surface area (Å²) >= 11 is 0. The predicted octanol–water partition coefficient (Wildman–Crippen LogP) is 3.51. The first-order valence-electron chi connectivity index (χ1n) is 9.18. The average molecular weight is 389 g/mol. The van der Waals surface area contributed by atoms with E-state index in [1.807, 2.05) is 0 Å². The number of ketones is 1. The maximum Gasteiger partial charge on any atom is 0.182 e. The van der Waals surface area contributed by atoms with Gasteiger partial charge in [-0.25, -0.2) is 12.8 Å². The number of piperidine rings is 1. The van der Waals surface area contributed by atoms with E-state index in [4.69, 9.17) is 0 Å². The predicted molar refractivity (Wildman–Crippen MR) is 103 cm³/mol. The molecule has 6 heteroatoms. The van der Waals surface area contributed by atoms with Crippen molar-refractivity contribution in [1.29, 1.82) is 0 Å². The molecule has 0 N–H and O–H groups in total. The second-order valence-electron chi connectivity index (χ2n) is 7.01. The maximum absolute atomic E-state index is 13.0. The Labute approximate surface area is 159 Å². The number of sulfone groups is 1. The van der Waals surface area contributed by atoms with Crippen molar-refractivity contribution < 1.29 is 17.6 Å². The Bertz CT molecular complexity index is 901. The Balaban J connectivity index is 1.61. The van der Waals surface area contributed by atoms with Gasteiger partial charge in [-0.15, -0.1) is 0 Å². The Kier molecular flexibility index (Phi) is 6.07. The van der Waals surface area contributed by atoms with Gasteiger partial charge in [0.05, 0.1) is 10.1 Å². The van der Waals surface area contributed by atoms with Gasteiger partial charge in [0.15, 0.2) is 15.6 Å². The molecule has 144 valence electrons. The van der Waals surface area contributed by atoms with Crippen molar-refractivity contribution in [3.05, 3.63) is 65.5 Å². The third-order valence-electron chi connectivity index (χ3n) is 5.18. The van der Waals surface area contributed by atoms with Crippen LogP contribution in [0.25, 0.3) is 0 Å². The number of likely N-dealkylation sites (tertiary alicyclic amines) is 1. The Morgan fingerprint density at radius 3 is 2.33 bits per heavy atom. The van der Waals surface area contributed by atoms with Crippen molar-refractivity contribution in [2.75, 3.05) is 19.6 Å². The van der Waals surface area contributed by atoms with Gasteiger partial charge in [0, 0.05) is 12.1 Å². The highest BCUT2D eigenvalue weighted by atomic mass is 32.2. The van der Waals surface area contributed by atoms with E-state index in [0.717, 1.165) is 18.5 Å². The number of hydrogen-bond donors (Lipinski definition) is 0. The molecule has 0 amide bonds. The lowest BCUT2D eigenvalue weighted by Crippen LogP contribution is -2.40. The summed E-state index contributed by atoms with van der Waals surface area (Å²) in [4.78, 5) is 14.2. The number of Topliss-reactive ketones (excluding diaryl/α,β-unsaturated/α-hetero) is 1. The lowest BCUT2D eigenvalue weighted by atomic mass is 10.1. The fourth-order valence-corrected chi connectivity index (χ4v) is 5.54. The monoisotopic (exact) mass is 389 g/mol. The van der Waals surface area contributed by atoms with E-state index >= 15 is 0 Å². The smallest absolute Gasteiger partial charge is 0.182 e. The van der Waals surface area contributed by atoms with Crippen LogP contribution < -0.4 is 0 Å². The third kappa shape index (κ3) is 4.62. The van der Waals surface area contributed by atoms with Gasteiger partial charge in [-0.2, -0.15) is 0 Å². The van der Waals surface area contributed by atoms with Gasteiger partial charge in [-0.3, -0.25) is 4.79 Å². The van der Waals surface area contributed by atoms with Crippen LogP contribution in [0.2, 0.25) is 0 Å². The zero-order valence-corrected chi connectivity index (χ0v) is 16.2. The normalized spacial score (nSPS) is 16.4. The van der Waals surface area contributed by atoms with Crippen LogP contribution >= 0.6 is 0 Å². The standard InChI is InChI=1S/C21H24FNO3S/c1-16(24)20-4-2-3-5-21(20)27(25,26)19-11-14-23(15-12-19)13-10-17-6-8-18(22)9-7-17/h2-9,19H,10-15H2,1H3. The summed E-state index contributed by atoms with van der Waals surface area (Å²) in [7, 11) is -3.52. The molecule has 1 heterocycles. The van der Waals surface area contributed by atoms with Gasteiger partial charge in [0.2, 0.25) is 0 Å². The van der Waals surface area contributed by atoms with Gasteiger partial charge in [-0.05, 0) is 63.0 Å². The number of halogens is 1. The fourth-order valence-electron chi connectivity index (χ4n) is 3.57. The van der Waals surface area contributed by atoms with Crippen LogP contribution in [0.1, 0.15) is 35.7 Å². The van der Waals surface area contributed by atoms with E-state index < -0.39 is 15.1 Å². The van der Waals surface area contributed by atoms with Gasteiger partial charge in [0.25, 0.3) is 0 Å². The van der Waals surface area contributed by atoms with Crippen molar-refractivity contribution in [2.45, 2.75) is 36.3 Å². The van der Waals surface area contributed by atoms with Gasteiger partial charge >= 0.3 is 0 Å². The van der Waals surface area contributed by atoms with E-state index in [-0.39, 0.29) is 22.1 Å². The lowest BCUT2D eigenvalue weighted by Gasteiger charge is -2.32. The second kappa shape index (κ2) is 8.31. The summed E-state index contributed by atoms with van der Waals surface area (Å²) in [5.74, 6) is -0.471. The molecular formula is C21H24FNO3S. The molecule has 0 aromatic heterocycles. The third-order valence-corrected chi connectivity index (χ3v) is 7.49. The van der Waals surface area contributed by atoms with E-state index in [2.05, 4.69) is 4.90 Å². The molecule has 0 aliphatic carbocycles. The zero-order valence-electron chi connectivity index (χ0n) is 15.4. The largest absolute Gasteiger partial charge is 0.303 e. The topological polar surface area (TPSA) is 54.5 Å². The van der Waals surface area contributed by atoms with Gasteiger partial charge < -0.3 is 4.90 Å². The molecule has 0 bridgehead atoms. The number of carbonyl (C=O) groups excluding carboxylic acids is 1. The molecule has 0 spiro atoms. The molecule has 2 aromatic rings. The minimum atomic E-state index is -3.52. The molecule has 0 atom stereocenters. The van der Waals surface area contributed by atoms with Gasteiger partial charge in [-0.1, -0.05) is 30.3 Å². The van der Waals surface area contributed by atoms with Crippen molar-refractivity contribution in [1.82, 2.24) is 4.90 Å². The zero-order chi connectivity index (χ0) is 19.4. The minimum Gasteiger partial charge on any atom is -0.303 e. The van der Waals surface area contributed by atoms with Crippen LogP contribution in [0.5, 0.6) is 0 Å². The summed E-state index contributed by atoms with van der Waals surface area (Å²) in [6.45, 7) is 3.62. The molecule has 27 heavy (non-hydrogen) atoms. The first-order valence-corrected chi connectivity index (χ1v) is 10.7. The molecule has 2 aromatic carbocycles. The minimum absolute atomic E-state index is 0.155. The second-order valence-corrected chi connectivity index (χ2v) is 9.21. The van der Waals surface area contributed by atoms with Crippen LogP contribution in [0.4, 0.5) is 4.39 Å². The van der Waals surface area contributed by atoms with Crippen LogP contribution in [0, 0.1) is 5.82 Å². The number of benzene rings is 2. The summed E-state index contributed by atoms with van der Waals surface area (Å²) < 4.78 is 39.0. The number of rotatable bonds is 6. The van der Waals surface area contributed by atoms with Crippen molar-refractivity contribution in [3.63, 3.8) is 0 Å². The number of hydrogen-bond acceptors (Lipinski definition) is 4. The molecule has 1 saturated heterocycles. The molecule has 1 aliphatic rings. The van der Waals surface area contributed by atoms with Crippen molar-refractivity contribution in [3.8, 4) is 0 Å². The molecule has 4 nitrogen and oxygen atoms in total. The molecule has 1 aliphatic heterocycles. The Morgan fingerprint density at radius 1 is 1.07 bits per heavy atom. The molecule has 1 fully saturated rings. The summed E-state index contributed by atoms with van der Waals surface area (Å²) in [6.07, 6.45) is 1.92. The average Bonchev–Trinajstić information content (AvgIpc) is 2.68. The fraction of sp³-hybridized carbons (Fsp3) is 0.381. The van der Waals surface area contributed by atoms with Crippen molar-refractivity contribution in [2.24, 2.45) is 0 Å². The quantitative estimate of drug-likeness (QED) is 0.710. The van der Waals surface area contributed by atoms with Crippen LogP contribution in [0.3, 0.4) is 0 Å². The van der Waals surface area contributed by atoms with E-state index in [1.165, 1.54) is 25.1 Å². The molecule has 0 saturated carbocycles. The SMILES string of the molecule is CC(=O)c1ccccc1S(=O)(=O)C1CCN(CCc2ccc(F)cc2)CC1. The van der Waals surface area contributed by atoms with Crippen molar-refractivity contribution >= 4 is 15.6 Å². The highest BCUT2D eigenvalue weighted by molar-refractivity contribution is 7.92. The first-order chi connectivity index (χ1) is 12.9. The number of nitrogens with zero attached hydrogens (tertiary/aromatic N) is 1. The first kappa shape index (κ1) is 19.7. The molecule has 3 rings (SSSR count). The van der Waals surface area contributed by atoms with Crippen LogP contribution in [0.15, 0.2) is 53.4 Å². The summed E-state index contributed by atoms with van der Waals surface area (Å²) in [5.41, 5.74) is 1.35. The number of carbonyl (C=O) groups is 1. The van der Waals surface area contributed by atoms with Crippen LogP contribution in [-0.2, 0) is 16.3 Å². The molecular weight excluding hydrogens is 365 g/mol. The highest BCUT2D eigenvalue weighted by Crippen LogP contribution is 2.27. The maximum atomic E-state index is 13.0.